The molecule has 36 heavy (non-hydrogen) atoms. The molecule has 0 amide bonds. The number of fused-ring (bicyclic) bond motifs is 1. The molecule has 0 aliphatic carbocycles. The average molecular weight is 507 g/mol. The number of oxime groups is 1. The monoisotopic (exact) mass is 506 g/mol. The first-order chi connectivity index (χ1) is 17.3. The van der Waals surface area contributed by atoms with Crippen molar-refractivity contribution >= 4 is 32.7 Å². The maximum Gasteiger partial charge on any atom is 0.339 e. The number of nitrogens with zero attached hydrogens (tertiary/aromatic N) is 2. The molecule has 0 bridgehead atoms. The summed E-state index contributed by atoms with van der Waals surface area (Å²) in [4.78, 5) is 16.8. The second kappa shape index (κ2) is 10.7. The number of hydrogen-bond acceptors (Lipinski definition) is 6. The van der Waals surface area contributed by atoms with E-state index in [4.69, 9.17) is 9.02 Å². The molecule has 0 aliphatic rings. The fraction of sp³-hybridized carbons (Fsp3) is 0.185. The zero-order valence-corrected chi connectivity index (χ0v) is 20.7. The Morgan fingerprint density at radius 2 is 1.78 bits per heavy atom. The number of aromatic nitrogens is 1. The third-order valence-corrected chi connectivity index (χ3v) is 6.78. The number of aliphatic carboxylic acids is 1. The van der Waals surface area contributed by atoms with E-state index in [0.29, 0.717) is 23.4 Å². The zero-order valence-electron chi connectivity index (χ0n) is 19.9. The van der Waals surface area contributed by atoms with E-state index in [-0.39, 0.29) is 23.6 Å². The van der Waals surface area contributed by atoms with Crippen LogP contribution in [0, 0.1) is 6.92 Å². The third kappa shape index (κ3) is 5.75. The molecule has 9 heteroatoms. The number of hydrogen-bond donors (Lipinski definition) is 1. The Labute approximate surface area is 209 Å². The van der Waals surface area contributed by atoms with Gasteiger partial charge in [-0.05, 0) is 49.7 Å². The summed E-state index contributed by atoms with van der Waals surface area (Å²) in [5.74, 6) is -0.776. The SMILES string of the molecule is CCON=C(Cn1cc(CC(=O)O)c2ccccc21)c1cccc(OS(=O)(=O)c2ccc(C)cc2)c1. The molecule has 0 saturated heterocycles. The first-order valence-electron chi connectivity index (χ1n) is 11.4. The normalized spacial score (nSPS) is 12.0. The lowest BCUT2D eigenvalue weighted by Gasteiger charge is -2.12. The van der Waals surface area contributed by atoms with E-state index in [2.05, 4.69) is 5.16 Å². The molecule has 0 aliphatic heterocycles. The van der Waals surface area contributed by atoms with Crippen molar-refractivity contribution in [1.82, 2.24) is 4.57 Å². The molecule has 0 unspecified atom stereocenters. The largest absolute Gasteiger partial charge is 0.481 e. The van der Waals surface area contributed by atoms with Crippen LogP contribution in [0.1, 0.15) is 23.6 Å². The molecule has 4 aromatic rings. The van der Waals surface area contributed by atoms with Crippen LogP contribution in [0.4, 0.5) is 0 Å². The average Bonchev–Trinajstić information content (AvgIpc) is 3.18. The number of rotatable bonds is 10. The third-order valence-electron chi connectivity index (χ3n) is 5.52. The first-order valence-corrected chi connectivity index (χ1v) is 12.8. The Morgan fingerprint density at radius 3 is 2.50 bits per heavy atom. The molecular formula is C27H26N2O6S. The van der Waals surface area contributed by atoms with Gasteiger partial charge in [0.1, 0.15) is 23.0 Å². The standard InChI is InChI=1S/C27H26N2O6S/c1-3-34-28-25(18-29-17-21(16-27(30)31)24-9-4-5-10-26(24)29)20-7-6-8-22(15-20)35-36(32,33)23-13-11-19(2)12-14-23/h4-15,17H,3,16,18H2,1-2H3,(H,30,31). The van der Waals surface area contributed by atoms with Crippen LogP contribution in [0.15, 0.2) is 89.0 Å². The molecule has 1 N–H and O–H groups in total. The van der Waals surface area contributed by atoms with Gasteiger partial charge in [0.05, 0.1) is 13.0 Å². The molecule has 3 aromatic carbocycles. The van der Waals surface area contributed by atoms with Crippen molar-refractivity contribution in [3.8, 4) is 5.75 Å². The fourth-order valence-corrected chi connectivity index (χ4v) is 4.76. The van der Waals surface area contributed by atoms with Crippen molar-refractivity contribution in [3.63, 3.8) is 0 Å². The summed E-state index contributed by atoms with van der Waals surface area (Å²) in [5.41, 5.74) is 3.62. The first kappa shape index (κ1) is 25.0. The molecule has 0 radical (unpaired) electrons. The van der Waals surface area contributed by atoms with Gasteiger partial charge in [-0.1, -0.05) is 53.2 Å². The van der Waals surface area contributed by atoms with Crippen LogP contribution in [0.25, 0.3) is 10.9 Å². The van der Waals surface area contributed by atoms with Gasteiger partial charge in [-0.3, -0.25) is 4.79 Å². The Bertz CT molecular complexity index is 1520. The Kier molecular flexibility index (Phi) is 7.40. The van der Waals surface area contributed by atoms with E-state index >= 15 is 0 Å². The number of carbonyl (C=O) groups is 1. The van der Waals surface area contributed by atoms with Crippen molar-refractivity contribution in [2.75, 3.05) is 6.61 Å². The molecule has 4 rings (SSSR count). The molecule has 8 nitrogen and oxygen atoms in total. The van der Waals surface area contributed by atoms with Gasteiger partial charge in [0.2, 0.25) is 0 Å². The van der Waals surface area contributed by atoms with Gasteiger partial charge < -0.3 is 18.7 Å². The quantitative estimate of drug-likeness (QED) is 0.188. The molecular weight excluding hydrogens is 480 g/mol. The minimum atomic E-state index is -4.02. The number of aryl methyl sites for hydroxylation is 1. The molecule has 186 valence electrons. The van der Waals surface area contributed by atoms with Gasteiger partial charge in [0.15, 0.2) is 0 Å². The van der Waals surface area contributed by atoms with E-state index in [1.54, 1.807) is 42.6 Å². The molecule has 0 saturated carbocycles. The van der Waals surface area contributed by atoms with Gasteiger partial charge in [-0.15, -0.1) is 0 Å². The van der Waals surface area contributed by atoms with Crippen molar-refractivity contribution < 1.29 is 27.3 Å². The van der Waals surface area contributed by atoms with E-state index in [1.165, 1.54) is 12.1 Å². The highest BCUT2D eigenvalue weighted by molar-refractivity contribution is 7.87. The van der Waals surface area contributed by atoms with Crippen LogP contribution in [-0.4, -0.2) is 36.4 Å². The lowest BCUT2D eigenvalue weighted by molar-refractivity contribution is -0.136. The Morgan fingerprint density at radius 1 is 1.03 bits per heavy atom. The summed E-state index contributed by atoms with van der Waals surface area (Å²) in [7, 11) is -4.02. The number of carboxylic acids is 1. The molecule has 0 fully saturated rings. The predicted molar refractivity (Wildman–Crippen MR) is 137 cm³/mol. The van der Waals surface area contributed by atoms with Crippen LogP contribution in [0.2, 0.25) is 0 Å². The van der Waals surface area contributed by atoms with Crippen molar-refractivity contribution in [3.05, 3.63) is 95.7 Å². The van der Waals surface area contributed by atoms with E-state index in [1.807, 2.05) is 42.7 Å². The lowest BCUT2D eigenvalue weighted by Crippen LogP contribution is -2.13. The lowest BCUT2D eigenvalue weighted by atomic mass is 10.1. The van der Waals surface area contributed by atoms with Crippen LogP contribution in [0.3, 0.4) is 0 Å². The summed E-state index contributed by atoms with van der Waals surface area (Å²) in [6.45, 7) is 4.30. The summed E-state index contributed by atoms with van der Waals surface area (Å²) in [5, 5.41) is 14.4. The number of para-hydroxylation sites is 1. The van der Waals surface area contributed by atoms with Crippen LogP contribution >= 0.6 is 0 Å². The molecule has 0 atom stereocenters. The number of benzene rings is 3. The highest BCUT2D eigenvalue weighted by atomic mass is 32.2. The highest BCUT2D eigenvalue weighted by Crippen LogP contribution is 2.24. The Balaban J connectivity index is 1.67. The van der Waals surface area contributed by atoms with E-state index in [0.717, 1.165) is 16.5 Å². The van der Waals surface area contributed by atoms with Gasteiger partial charge in [-0.2, -0.15) is 8.42 Å². The minimum Gasteiger partial charge on any atom is -0.481 e. The van der Waals surface area contributed by atoms with E-state index < -0.39 is 16.1 Å². The summed E-state index contributed by atoms with van der Waals surface area (Å²) in [6, 6.07) is 20.6. The van der Waals surface area contributed by atoms with Crippen molar-refractivity contribution in [2.24, 2.45) is 5.16 Å². The summed E-state index contributed by atoms with van der Waals surface area (Å²) >= 11 is 0. The summed E-state index contributed by atoms with van der Waals surface area (Å²) in [6.07, 6.45) is 1.69. The molecule has 1 aromatic heterocycles. The van der Waals surface area contributed by atoms with Gasteiger partial charge in [0, 0.05) is 22.7 Å². The topological polar surface area (TPSA) is 107 Å². The predicted octanol–water partition coefficient (Wildman–Crippen LogP) is 4.79. The van der Waals surface area contributed by atoms with Gasteiger partial charge in [-0.25, -0.2) is 0 Å². The van der Waals surface area contributed by atoms with Crippen LogP contribution in [-0.2, 0) is 32.7 Å². The van der Waals surface area contributed by atoms with E-state index in [9.17, 15) is 18.3 Å². The van der Waals surface area contributed by atoms with Crippen molar-refractivity contribution in [2.45, 2.75) is 31.7 Å². The zero-order chi connectivity index (χ0) is 25.7. The fourth-order valence-electron chi connectivity index (χ4n) is 3.84. The second-order valence-electron chi connectivity index (χ2n) is 8.20. The molecule has 0 spiro atoms. The maximum absolute atomic E-state index is 12.8. The smallest absolute Gasteiger partial charge is 0.339 e. The van der Waals surface area contributed by atoms with Crippen molar-refractivity contribution in [1.29, 1.82) is 0 Å². The van der Waals surface area contributed by atoms with Crippen LogP contribution < -0.4 is 4.18 Å². The Hall–Kier alpha value is -4.11. The van der Waals surface area contributed by atoms with Crippen LogP contribution in [0.5, 0.6) is 5.75 Å². The molecule has 1 heterocycles. The number of carboxylic acid groups (broad SMARTS) is 1. The highest BCUT2D eigenvalue weighted by Gasteiger charge is 2.18. The van der Waals surface area contributed by atoms with Gasteiger partial charge in [0.25, 0.3) is 0 Å². The van der Waals surface area contributed by atoms with Gasteiger partial charge >= 0.3 is 16.1 Å². The summed E-state index contributed by atoms with van der Waals surface area (Å²) < 4.78 is 32.8. The second-order valence-corrected chi connectivity index (χ2v) is 9.75. The maximum atomic E-state index is 12.8. The minimum absolute atomic E-state index is 0.0616.